The highest BCUT2D eigenvalue weighted by molar-refractivity contribution is 5.94. The van der Waals surface area contributed by atoms with Crippen molar-refractivity contribution in [2.24, 2.45) is 5.73 Å². The minimum atomic E-state index is 0.481. The van der Waals surface area contributed by atoms with Crippen LogP contribution in [0.4, 0.5) is 5.69 Å². The molecule has 1 fully saturated rings. The SMILES string of the molecule is Cc1[nH]nc2cccc(N3CCCC3CN)c12. The zero-order chi connectivity index (χ0) is 11.8. The summed E-state index contributed by atoms with van der Waals surface area (Å²) in [7, 11) is 0. The lowest BCUT2D eigenvalue weighted by atomic mass is 10.1. The van der Waals surface area contributed by atoms with Crippen LogP contribution in [0.2, 0.25) is 0 Å². The van der Waals surface area contributed by atoms with Gasteiger partial charge >= 0.3 is 0 Å². The Balaban J connectivity index is 2.13. The molecule has 1 atom stereocenters. The van der Waals surface area contributed by atoms with Crippen LogP contribution in [-0.2, 0) is 0 Å². The molecular formula is C13H18N4. The van der Waals surface area contributed by atoms with E-state index in [1.54, 1.807) is 0 Å². The minimum Gasteiger partial charge on any atom is -0.367 e. The van der Waals surface area contributed by atoms with Crippen LogP contribution < -0.4 is 10.6 Å². The molecule has 0 bridgehead atoms. The van der Waals surface area contributed by atoms with Crippen molar-refractivity contribution in [3.63, 3.8) is 0 Å². The van der Waals surface area contributed by atoms with Gasteiger partial charge in [0.25, 0.3) is 0 Å². The molecule has 1 aromatic heterocycles. The first-order valence-corrected chi connectivity index (χ1v) is 6.21. The highest BCUT2D eigenvalue weighted by Crippen LogP contribution is 2.32. The molecule has 0 spiro atoms. The lowest BCUT2D eigenvalue weighted by Gasteiger charge is -2.26. The molecule has 90 valence electrons. The Bertz CT molecular complexity index is 531. The van der Waals surface area contributed by atoms with Crippen molar-refractivity contribution in [3.05, 3.63) is 23.9 Å². The van der Waals surface area contributed by atoms with Gasteiger partial charge in [-0.1, -0.05) is 6.07 Å². The van der Waals surface area contributed by atoms with Crippen LogP contribution in [0.5, 0.6) is 0 Å². The lowest BCUT2D eigenvalue weighted by Crippen LogP contribution is -2.35. The smallest absolute Gasteiger partial charge is 0.0944 e. The van der Waals surface area contributed by atoms with E-state index in [1.165, 1.54) is 23.9 Å². The van der Waals surface area contributed by atoms with Crippen LogP contribution >= 0.6 is 0 Å². The maximum Gasteiger partial charge on any atom is 0.0944 e. The van der Waals surface area contributed by atoms with Crippen LogP contribution in [0.25, 0.3) is 10.9 Å². The third-order valence-corrected chi connectivity index (χ3v) is 3.70. The number of hydrogen-bond donors (Lipinski definition) is 2. The lowest BCUT2D eigenvalue weighted by molar-refractivity contribution is 0.678. The van der Waals surface area contributed by atoms with Crippen molar-refractivity contribution in [2.75, 3.05) is 18.0 Å². The zero-order valence-corrected chi connectivity index (χ0v) is 10.1. The summed E-state index contributed by atoms with van der Waals surface area (Å²) in [6, 6.07) is 6.79. The fourth-order valence-corrected chi connectivity index (χ4v) is 2.84. The number of hydrogen-bond acceptors (Lipinski definition) is 3. The summed E-state index contributed by atoms with van der Waals surface area (Å²) in [6.07, 6.45) is 2.43. The van der Waals surface area contributed by atoms with Crippen molar-refractivity contribution in [1.82, 2.24) is 10.2 Å². The highest BCUT2D eigenvalue weighted by Gasteiger charge is 2.25. The number of anilines is 1. The van der Waals surface area contributed by atoms with Gasteiger partial charge in [-0.3, -0.25) is 5.10 Å². The van der Waals surface area contributed by atoms with Crippen molar-refractivity contribution in [1.29, 1.82) is 0 Å². The van der Waals surface area contributed by atoms with Crippen molar-refractivity contribution in [2.45, 2.75) is 25.8 Å². The van der Waals surface area contributed by atoms with E-state index in [4.69, 9.17) is 5.73 Å². The normalized spacial score (nSPS) is 20.4. The Kier molecular flexibility index (Phi) is 2.52. The Morgan fingerprint density at radius 1 is 1.53 bits per heavy atom. The predicted octanol–water partition coefficient (Wildman–Crippen LogP) is 1.80. The maximum absolute atomic E-state index is 5.85. The maximum atomic E-state index is 5.85. The van der Waals surface area contributed by atoms with E-state index in [1.807, 2.05) is 0 Å². The second-order valence-electron chi connectivity index (χ2n) is 4.75. The molecule has 0 saturated carbocycles. The molecule has 17 heavy (non-hydrogen) atoms. The van der Waals surface area contributed by atoms with E-state index in [9.17, 15) is 0 Å². The van der Waals surface area contributed by atoms with Crippen LogP contribution in [0.1, 0.15) is 18.5 Å². The first kappa shape index (κ1) is 10.6. The molecule has 0 amide bonds. The van der Waals surface area contributed by atoms with Gasteiger partial charge in [0.15, 0.2) is 0 Å². The molecule has 3 N–H and O–H groups in total. The van der Waals surface area contributed by atoms with E-state index in [0.717, 1.165) is 24.3 Å². The van der Waals surface area contributed by atoms with E-state index in [2.05, 4.69) is 40.2 Å². The molecule has 1 aromatic carbocycles. The molecule has 1 unspecified atom stereocenters. The second kappa shape index (κ2) is 4.04. The molecule has 4 nitrogen and oxygen atoms in total. The largest absolute Gasteiger partial charge is 0.367 e. The number of aryl methyl sites for hydroxylation is 1. The first-order chi connectivity index (χ1) is 8.31. The molecule has 1 saturated heterocycles. The molecule has 1 aliphatic rings. The number of H-pyrrole nitrogens is 1. The number of aromatic amines is 1. The summed E-state index contributed by atoms with van der Waals surface area (Å²) < 4.78 is 0. The Hall–Kier alpha value is -1.55. The summed E-state index contributed by atoms with van der Waals surface area (Å²) >= 11 is 0. The van der Waals surface area contributed by atoms with Crippen molar-refractivity contribution >= 4 is 16.6 Å². The van der Waals surface area contributed by atoms with E-state index in [-0.39, 0.29) is 0 Å². The fourth-order valence-electron chi connectivity index (χ4n) is 2.84. The molecule has 0 aliphatic carbocycles. The Morgan fingerprint density at radius 2 is 2.41 bits per heavy atom. The molecular weight excluding hydrogens is 212 g/mol. The number of fused-ring (bicyclic) bond motifs is 1. The monoisotopic (exact) mass is 230 g/mol. The van der Waals surface area contributed by atoms with Gasteiger partial charge in [0.1, 0.15) is 0 Å². The van der Waals surface area contributed by atoms with Gasteiger partial charge in [-0.15, -0.1) is 0 Å². The first-order valence-electron chi connectivity index (χ1n) is 6.21. The number of aromatic nitrogens is 2. The van der Waals surface area contributed by atoms with E-state index in [0.29, 0.717) is 6.04 Å². The third kappa shape index (κ3) is 1.60. The van der Waals surface area contributed by atoms with Gasteiger partial charge in [0.2, 0.25) is 0 Å². The van der Waals surface area contributed by atoms with Gasteiger partial charge in [-0.25, -0.2) is 0 Å². The summed E-state index contributed by atoms with van der Waals surface area (Å²) in [6.45, 7) is 3.91. The Morgan fingerprint density at radius 3 is 3.24 bits per heavy atom. The second-order valence-corrected chi connectivity index (χ2v) is 4.75. The molecule has 0 radical (unpaired) electrons. The summed E-state index contributed by atoms with van der Waals surface area (Å²) in [5.74, 6) is 0. The summed E-state index contributed by atoms with van der Waals surface area (Å²) in [5, 5.41) is 8.63. The molecule has 4 heteroatoms. The van der Waals surface area contributed by atoms with Gasteiger partial charge in [0, 0.05) is 35.9 Å². The fraction of sp³-hybridized carbons (Fsp3) is 0.462. The molecule has 2 aromatic rings. The van der Waals surface area contributed by atoms with Gasteiger partial charge in [-0.2, -0.15) is 5.10 Å². The number of rotatable bonds is 2. The zero-order valence-electron chi connectivity index (χ0n) is 10.1. The molecule has 2 heterocycles. The number of nitrogens with one attached hydrogen (secondary N) is 1. The van der Waals surface area contributed by atoms with Crippen molar-refractivity contribution in [3.8, 4) is 0 Å². The van der Waals surface area contributed by atoms with Crippen LogP contribution in [0, 0.1) is 6.92 Å². The van der Waals surface area contributed by atoms with Gasteiger partial charge in [-0.05, 0) is 31.9 Å². The number of nitrogens with zero attached hydrogens (tertiary/aromatic N) is 2. The summed E-state index contributed by atoms with van der Waals surface area (Å²) in [4.78, 5) is 2.44. The van der Waals surface area contributed by atoms with Crippen molar-refractivity contribution < 1.29 is 0 Å². The van der Waals surface area contributed by atoms with Gasteiger partial charge < -0.3 is 10.6 Å². The highest BCUT2D eigenvalue weighted by atomic mass is 15.2. The third-order valence-electron chi connectivity index (χ3n) is 3.70. The van der Waals surface area contributed by atoms with Crippen LogP contribution in [0.3, 0.4) is 0 Å². The minimum absolute atomic E-state index is 0.481. The quantitative estimate of drug-likeness (QED) is 0.827. The molecule has 1 aliphatic heterocycles. The predicted molar refractivity (Wildman–Crippen MR) is 70.3 cm³/mol. The van der Waals surface area contributed by atoms with Crippen LogP contribution in [-0.4, -0.2) is 29.3 Å². The molecule has 3 rings (SSSR count). The van der Waals surface area contributed by atoms with E-state index >= 15 is 0 Å². The standard InChI is InChI=1S/C13H18N4/c1-9-13-11(16-15-9)5-2-6-12(13)17-7-3-4-10(17)8-14/h2,5-6,10H,3-4,7-8,14H2,1H3,(H,15,16). The van der Waals surface area contributed by atoms with Crippen LogP contribution in [0.15, 0.2) is 18.2 Å². The number of benzene rings is 1. The van der Waals surface area contributed by atoms with E-state index < -0.39 is 0 Å². The topological polar surface area (TPSA) is 57.9 Å². The number of nitrogens with two attached hydrogens (primary N) is 1. The summed E-state index contributed by atoms with van der Waals surface area (Å²) in [5.41, 5.74) is 9.31. The van der Waals surface area contributed by atoms with Gasteiger partial charge in [0.05, 0.1) is 5.52 Å². The average Bonchev–Trinajstić information content (AvgIpc) is 2.96. The average molecular weight is 230 g/mol. The Labute approximate surface area is 101 Å².